The fourth-order valence-corrected chi connectivity index (χ4v) is 3.83. The summed E-state index contributed by atoms with van der Waals surface area (Å²) < 4.78 is 6.02. The number of carbonyl (C=O) groups excluding carboxylic acids is 1. The second-order valence-electron chi connectivity index (χ2n) is 7.53. The molecule has 3 aromatic rings. The maximum absolute atomic E-state index is 13.2. The lowest BCUT2D eigenvalue weighted by Crippen LogP contribution is -2.13. The van der Waals surface area contributed by atoms with E-state index in [9.17, 15) is 4.79 Å². The summed E-state index contributed by atoms with van der Waals surface area (Å²) in [4.78, 5) is 13.2. The van der Waals surface area contributed by atoms with Crippen molar-refractivity contribution >= 4 is 16.8 Å². The van der Waals surface area contributed by atoms with E-state index in [4.69, 9.17) is 4.42 Å². The summed E-state index contributed by atoms with van der Waals surface area (Å²) in [5, 5.41) is 0.933. The number of carbonyl (C=O) groups is 1. The molecule has 1 saturated carbocycles. The highest BCUT2D eigenvalue weighted by atomic mass is 16.3. The Morgan fingerprint density at radius 1 is 1.08 bits per heavy atom. The molecule has 4 rings (SSSR count). The Morgan fingerprint density at radius 3 is 2.54 bits per heavy atom. The average Bonchev–Trinajstić information content (AvgIpc) is 3.01. The van der Waals surface area contributed by atoms with Crippen LogP contribution < -0.4 is 0 Å². The zero-order valence-corrected chi connectivity index (χ0v) is 15.5. The third-order valence-corrected chi connectivity index (χ3v) is 5.62. The smallest absolute Gasteiger partial charge is 0.197 e. The van der Waals surface area contributed by atoms with E-state index in [1.54, 1.807) is 0 Å². The minimum Gasteiger partial charge on any atom is -0.460 e. The summed E-state index contributed by atoms with van der Waals surface area (Å²) in [7, 11) is 0. The van der Waals surface area contributed by atoms with Gasteiger partial charge in [0.05, 0.1) is 5.56 Å². The van der Waals surface area contributed by atoms with Crippen molar-refractivity contribution in [2.24, 2.45) is 5.92 Å². The second-order valence-corrected chi connectivity index (χ2v) is 7.53. The number of ketones is 1. The second kappa shape index (κ2) is 7.49. The van der Waals surface area contributed by atoms with Gasteiger partial charge in [0.15, 0.2) is 5.78 Å². The highest BCUT2D eigenvalue weighted by molar-refractivity contribution is 6.16. The molecule has 0 radical (unpaired) electrons. The zero-order chi connectivity index (χ0) is 17.9. The molecule has 0 atom stereocenters. The van der Waals surface area contributed by atoms with Crippen molar-refractivity contribution in [3.63, 3.8) is 0 Å². The van der Waals surface area contributed by atoms with Gasteiger partial charge in [-0.1, -0.05) is 75.1 Å². The first-order valence-electron chi connectivity index (χ1n) is 9.90. The van der Waals surface area contributed by atoms with E-state index in [-0.39, 0.29) is 5.78 Å². The van der Waals surface area contributed by atoms with Crippen LogP contribution in [0.3, 0.4) is 0 Å². The van der Waals surface area contributed by atoms with Gasteiger partial charge < -0.3 is 4.42 Å². The van der Waals surface area contributed by atoms with Gasteiger partial charge in [0.1, 0.15) is 11.3 Å². The Labute approximate surface area is 155 Å². The van der Waals surface area contributed by atoms with Gasteiger partial charge >= 0.3 is 0 Å². The van der Waals surface area contributed by atoms with Gasteiger partial charge in [0.25, 0.3) is 0 Å². The summed E-state index contributed by atoms with van der Waals surface area (Å²) >= 11 is 0. The molecule has 2 heteroatoms. The van der Waals surface area contributed by atoms with Crippen molar-refractivity contribution in [1.29, 1.82) is 0 Å². The highest BCUT2D eigenvalue weighted by Crippen LogP contribution is 2.31. The molecule has 134 valence electrons. The standard InChI is InChI=1S/C24H26O2/c1-2-3-10-22-23(20-9-4-5-11-21(20)26-22)24(25)19-14-12-18(13-15-19)16-17-7-6-8-17/h4-5,9,11-15,17H,2-3,6-8,10,16H2,1H3. The van der Waals surface area contributed by atoms with Gasteiger partial charge in [-0.2, -0.15) is 0 Å². The first-order chi connectivity index (χ1) is 12.8. The minimum absolute atomic E-state index is 0.0799. The van der Waals surface area contributed by atoms with Crippen LogP contribution >= 0.6 is 0 Å². The van der Waals surface area contributed by atoms with Crippen LogP contribution in [0.15, 0.2) is 52.9 Å². The van der Waals surface area contributed by atoms with Crippen LogP contribution in [0.25, 0.3) is 11.0 Å². The number of hydrogen-bond donors (Lipinski definition) is 0. The van der Waals surface area contributed by atoms with Gasteiger partial charge in [-0.25, -0.2) is 0 Å². The van der Waals surface area contributed by atoms with Gasteiger partial charge in [0.2, 0.25) is 0 Å². The predicted octanol–water partition coefficient (Wildman–Crippen LogP) is 6.35. The lowest BCUT2D eigenvalue weighted by molar-refractivity contribution is 0.103. The van der Waals surface area contributed by atoms with E-state index in [1.165, 1.54) is 24.8 Å². The first-order valence-corrected chi connectivity index (χ1v) is 9.90. The lowest BCUT2D eigenvalue weighted by atomic mass is 9.81. The zero-order valence-electron chi connectivity index (χ0n) is 15.5. The lowest BCUT2D eigenvalue weighted by Gasteiger charge is -2.25. The molecule has 26 heavy (non-hydrogen) atoms. The molecule has 0 bridgehead atoms. The van der Waals surface area contributed by atoms with Crippen molar-refractivity contribution in [2.75, 3.05) is 0 Å². The van der Waals surface area contributed by atoms with Crippen LogP contribution in [0.1, 0.15) is 66.3 Å². The van der Waals surface area contributed by atoms with Crippen molar-refractivity contribution in [2.45, 2.75) is 51.9 Å². The first kappa shape index (κ1) is 17.1. The quantitative estimate of drug-likeness (QED) is 0.467. The Bertz CT molecular complexity index is 898. The van der Waals surface area contributed by atoms with Crippen molar-refractivity contribution < 1.29 is 9.21 Å². The van der Waals surface area contributed by atoms with E-state index >= 15 is 0 Å². The fraction of sp³-hybridized carbons (Fsp3) is 0.375. The normalized spacial score (nSPS) is 14.5. The monoisotopic (exact) mass is 346 g/mol. The van der Waals surface area contributed by atoms with Crippen LogP contribution in [-0.4, -0.2) is 5.78 Å². The number of hydrogen-bond acceptors (Lipinski definition) is 2. The summed E-state index contributed by atoms with van der Waals surface area (Å²) in [6, 6.07) is 16.1. The Hall–Kier alpha value is -2.35. The summed E-state index contributed by atoms with van der Waals surface area (Å²) in [6.07, 6.45) is 8.14. The number of fused-ring (bicyclic) bond motifs is 1. The number of rotatable bonds is 7. The van der Waals surface area contributed by atoms with E-state index < -0.39 is 0 Å². The Balaban J connectivity index is 1.64. The molecule has 1 aliphatic rings. The van der Waals surface area contributed by atoms with E-state index in [1.807, 2.05) is 36.4 Å². The topological polar surface area (TPSA) is 30.2 Å². The maximum atomic E-state index is 13.2. The molecular weight excluding hydrogens is 320 g/mol. The maximum Gasteiger partial charge on any atom is 0.197 e. The molecule has 2 aromatic carbocycles. The van der Waals surface area contributed by atoms with E-state index in [2.05, 4.69) is 19.1 Å². The average molecular weight is 346 g/mol. The third-order valence-electron chi connectivity index (χ3n) is 5.62. The van der Waals surface area contributed by atoms with E-state index in [0.717, 1.165) is 59.5 Å². The molecule has 1 aromatic heterocycles. The van der Waals surface area contributed by atoms with Crippen molar-refractivity contribution in [1.82, 2.24) is 0 Å². The van der Waals surface area contributed by atoms with Crippen molar-refractivity contribution in [3.05, 3.63) is 71.0 Å². The SMILES string of the molecule is CCCCc1oc2ccccc2c1C(=O)c1ccc(CC2CCC2)cc1. The highest BCUT2D eigenvalue weighted by Gasteiger charge is 2.22. The molecular formula is C24H26O2. The van der Waals surface area contributed by atoms with Crippen molar-refractivity contribution in [3.8, 4) is 0 Å². The number of benzene rings is 2. The Kier molecular flexibility index (Phi) is 4.92. The van der Waals surface area contributed by atoms with Crippen LogP contribution in [0, 0.1) is 5.92 Å². The van der Waals surface area contributed by atoms with Crippen LogP contribution in [0.2, 0.25) is 0 Å². The van der Waals surface area contributed by atoms with E-state index in [0.29, 0.717) is 0 Å². The van der Waals surface area contributed by atoms with Gasteiger partial charge in [-0.05, 0) is 30.4 Å². The number of unbranched alkanes of at least 4 members (excludes halogenated alkanes) is 1. The number of para-hydroxylation sites is 1. The molecule has 0 saturated heterocycles. The number of aryl methyl sites for hydroxylation is 1. The molecule has 1 heterocycles. The van der Waals surface area contributed by atoms with Crippen LogP contribution in [0.5, 0.6) is 0 Å². The van der Waals surface area contributed by atoms with Crippen LogP contribution in [0.4, 0.5) is 0 Å². The molecule has 0 aliphatic heterocycles. The summed E-state index contributed by atoms with van der Waals surface area (Å²) in [6.45, 7) is 2.16. The molecule has 2 nitrogen and oxygen atoms in total. The van der Waals surface area contributed by atoms with Gasteiger partial charge in [-0.15, -0.1) is 0 Å². The molecule has 1 fully saturated rings. The molecule has 0 amide bonds. The number of furan rings is 1. The van der Waals surface area contributed by atoms with Gasteiger partial charge in [-0.3, -0.25) is 4.79 Å². The third kappa shape index (κ3) is 3.33. The predicted molar refractivity (Wildman–Crippen MR) is 106 cm³/mol. The Morgan fingerprint density at radius 2 is 1.85 bits per heavy atom. The minimum atomic E-state index is 0.0799. The molecule has 0 unspecified atom stereocenters. The summed E-state index contributed by atoms with van der Waals surface area (Å²) in [5.41, 5.74) is 3.66. The molecule has 1 aliphatic carbocycles. The van der Waals surface area contributed by atoms with Crippen LogP contribution in [-0.2, 0) is 12.8 Å². The molecule has 0 spiro atoms. The van der Waals surface area contributed by atoms with Gasteiger partial charge in [0, 0.05) is 17.4 Å². The largest absolute Gasteiger partial charge is 0.460 e. The molecule has 0 N–H and O–H groups in total. The fourth-order valence-electron chi connectivity index (χ4n) is 3.83. The summed E-state index contributed by atoms with van der Waals surface area (Å²) in [5.74, 6) is 1.75.